The Morgan fingerprint density at radius 2 is 1.83 bits per heavy atom. The molecule has 13 heteroatoms. The summed E-state index contributed by atoms with van der Waals surface area (Å²) < 4.78 is 82.5. The lowest BCUT2D eigenvalue weighted by molar-refractivity contribution is -0.274. The van der Waals surface area contributed by atoms with Crippen LogP contribution < -0.4 is 16.2 Å². The van der Waals surface area contributed by atoms with E-state index in [1.165, 1.54) is 28.8 Å². The number of aromatic nitrogens is 3. The summed E-state index contributed by atoms with van der Waals surface area (Å²) >= 11 is 0. The number of aliphatic imine (C=N–C) groups is 1. The van der Waals surface area contributed by atoms with Crippen molar-refractivity contribution in [2.75, 3.05) is 0 Å². The van der Waals surface area contributed by atoms with Gasteiger partial charge in [-0.05, 0) is 42.6 Å². The van der Waals surface area contributed by atoms with E-state index in [-0.39, 0.29) is 34.6 Å². The van der Waals surface area contributed by atoms with Crippen molar-refractivity contribution in [2.45, 2.75) is 12.5 Å². The summed E-state index contributed by atoms with van der Waals surface area (Å²) in [6.45, 7) is 0. The van der Waals surface area contributed by atoms with Crippen molar-refractivity contribution in [1.82, 2.24) is 14.6 Å². The van der Waals surface area contributed by atoms with Crippen LogP contribution in [-0.2, 0) is 6.18 Å². The van der Waals surface area contributed by atoms with Crippen LogP contribution in [0.15, 0.2) is 53.8 Å². The number of rotatable bonds is 4. The molecule has 0 atom stereocenters. The van der Waals surface area contributed by atoms with Crippen molar-refractivity contribution in [3.63, 3.8) is 0 Å². The van der Waals surface area contributed by atoms with E-state index >= 15 is 0 Å². The molecule has 0 unspecified atom stereocenters. The average Bonchev–Trinajstić information content (AvgIpc) is 3.10. The van der Waals surface area contributed by atoms with E-state index in [1.807, 2.05) is 0 Å². The number of ether oxygens (including phenoxy) is 1. The van der Waals surface area contributed by atoms with Gasteiger partial charge in [0.2, 0.25) is 0 Å². The van der Waals surface area contributed by atoms with Crippen molar-refractivity contribution in [2.24, 2.45) is 16.5 Å². The topological polar surface area (TPSA) is 104 Å². The van der Waals surface area contributed by atoms with Gasteiger partial charge >= 0.3 is 12.5 Å². The van der Waals surface area contributed by atoms with Crippen LogP contribution in [-0.4, -0.2) is 26.8 Å². The van der Waals surface area contributed by atoms with Gasteiger partial charge in [-0.15, -0.1) is 23.4 Å². The number of amidine groups is 1. The maximum Gasteiger partial charge on any atom is 0.573 e. The summed E-state index contributed by atoms with van der Waals surface area (Å²) in [5.74, 6) is -1.12. The van der Waals surface area contributed by atoms with Crippen LogP contribution >= 0.6 is 0 Å². The van der Waals surface area contributed by atoms with Gasteiger partial charge in [0.25, 0.3) is 5.95 Å². The first kappa shape index (κ1) is 21.0. The lowest BCUT2D eigenvalue weighted by Gasteiger charge is -2.16. The molecule has 3 rings (SSSR count). The number of alkyl halides is 6. The highest BCUT2D eigenvalue weighted by atomic mass is 19.4. The number of halogens is 6. The van der Waals surface area contributed by atoms with E-state index in [2.05, 4.69) is 19.9 Å². The third kappa shape index (κ3) is 4.45. The molecule has 0 saturated heterocycles. The Labute approximate surface area is 164 Å². The van der Waals surface area contributed by atoms with E-state index < -0.39 is 23.9 Å². The molecule has 0 spiro atoms. The van der Waals surface area contributed by atoms with Gasteiger partial charge in [-0.2, -0.15) is 18.2 Å². The zero-order valence-corrected chi connectivity index (χ0v) is 14.7. The molecule has 1 aromatic carbocycles. The molecule has 2 heterocycles. The molecule has 0 aliphatic carbocycles. The van der Waals surface area contributed by atoms with Gasteiger partial charge in [0, 0.05) is 11.8 Å². The fourth-order valence-corrected chi connectivity index (χ4v) is 2.57. The maximum absolute atomic E-state index is 13.0. The van der Waals surface area contributed by atoms with Crippen molar-refractivity contribution >= 4 is 17.3 Å². The SMILES string of the molecule is N/C=C\C(N)=N\c1nnc(-c2ccc(C(F)(F)F)cc2OC(F)(F)F)c2cccn12. The number of fused-ring (bicyclic) bond motifs is 1. The first-order valence-electron chi connectivity index (χ1n) is 8.03. The zero-order valence-electron chi connectivity index (χ0n) is 14.7. The highest BCUT2D eigenvalue weighted by molar-refractivity contribution is 5.93. The molecule has 0 saturated carbocycles. The van der Waals surface area contributed by atoms with Gasteiger partial charge < -0.3 is 16.2 Å². The summed E-state index contributed by atoms with van der Waals surface area (Å²) in [7, 11) is 0. The Hall–Kier alpha value is -3.77. The Morgan fingerprint density at radius 1 is 1.10 bits per heavy atom. The number of hydrogen-bond donors (Lipinski definition) is 2. The van der Waals surface area contributed by atoms with Crippen LogP contribution in [0.2, 0.25) is 0 Å². The van der Waals surface area contributed by atoms with Gasteiger partial charge in [0.1, 0.15) is 17.3 Å². The van der Waals surface area contributed by atoms with Gasteiger partial charge in [-0.3, -0.25) is 4.40 Å². The second kappa shape index (κ2) is 7.57. The van der Waals surface area contributed by atoms with E-state index in [0.29, 0.717) is 6.07 Å². The van der Waals surface area contributed by atoms with Crippen molar-refractivity contribution in [3.05, 3.63) is 54.4 Å². The van der Waals surface area contributed by atoms with Crippen molar-refractivity contribution in [1.29, 1.82) is 0 Å². The molecule has 158 valence electrons. The Balaban J connectivity index is 2.20. The molecule has 0 fully saturated rings. The monoisotopic (exact) mass is 430 g/mol. The van der Waals surface area contributed by atoms with Crippen LogP contribution in [0.1, 0.15) is 5.56 Å². The van der Waals surface area contributed by atoms with Crippen LogP contribution in [0, 0.1) is 0 Å². The predicted octanol–water partition coefficient (Wildman–Crippen LogP) is 3.77. The molecule has 0 amide bonds. The normalized spacial score (nSPS) is 13.3. The minimum atomic E-state index is -5.22. The number of nitrogens with zero attached hydrogens (tertiary/aromatic N) is 4. The van der Waals surface area contributed by atoms with E-state index in [1.54, 1.807) is 0 Å². The molecule has 0 bridgehead atoms. The minimum Gasteiger partial charge on any atom is -0.405 e. The predicted molar refractivity (Wildman–Crippen MR) is 94.7 cm³/mol. The average molecular weight is 430 g/mol. The number of hydrogen-bond acceptors (Lipinski definition) is 5. The molecule has 0 radical (unpaired) electrons. The van der Waals surface area contributed by atoms with Crippen molar-refractivity contribution < 1.29 is 31.1 Å². The second-order valence-corrected chi connectivity index (χ2v) is 5.76. The van der Waals surface area contributed by atoms with Gasteiger partial charge in [0.15, 0.2) is 0 Å². The van der Waals surface area contributed by atoms with E-state index in [4.69, 9.17) is 11.5 Å². The van der Waals surface area contributed by atoms with Gasteiger partial charge in [-0.1, -0.05) is 0 Å². The largest absolute Gasteiger partial charge is 0.573 e. The minimum absolute atomic E-state index is 0.0230. The summed E-state index contributed by atoms with van der Waals surface area (Å²) in [6.07, 6.45) is -6.21. The lowest BCUT2D eigenvalue weighted by atomic mass is 10.1. The Bertz CT molecular complexity index is 1130. The van der Waals surface area contributed by atoms with Gasteiger partial charge in [-0.25, -0.2) is 0 Å². The third-order valence-electron chi connectivity index (χ3n) is 3.73. The second-order valence-electron chi connectivity index (χ2n) is 5.76. The fraction of sp³-hybridized carbons (Fsp3) is 0.118. The molecular formula is C17H12F6N6O. The third-order valence-corrected chi connectivity index (χ3v) is 3.73. The molecule has 0 aliphatic heterocycles. The molecule has 2 aromatic heterocycles. The first-order chi connectivity index (χ1) is 14.0. The Kier molecular flexibility index (Phi) is 5.29. The summed E-state index contributed by atoms with van der Waals surface area (Å²) in [6, 6.07) is 4.68. The summed E-state index contributed by atoms with van der Waals surface area (Å²) in [5.41, 5.74) is 9.24. The molecule has 7 nitrogen and oxygen atoms in total. The Morgan fingerprint density at radius 3 is 2.47 bits per heavy atom. The highest BCUT2D eigenvalue weighted by Crippen LogP contribution is 2.40. The molecule has 4 N–H and O–H groups in total. The van der Waals surface area contributed by atoms with Crippen molar-refractivity contribution in [3.8, 4) is 17.0 Å². The summed E-state index contributed by atoms with van der Waals surface area (Å²) in [4.78, 5) is 3.97. The molecule has 0 aliphatic rings. The van der Waals surface area contributed by atoms with E-state index in [9.17, 15) is 26.3 Å². The molecule has 3 aromatic rings. The lowest BCUT2D eigenvalue weighted by Crippen LogP contribution is -2.18. The van der Waals surface area contributed by atoms with Crippen LogP contribution in [0.25, 0.3) is 16.8 Å². The quantitative estimate of drug-likeness (QED) is 0.373. The van der Waals surface area contributed by atoms with E-state index in [0.717, 1.165) is 12.3 Å². The summed E-state index contributed by atoms with van der Waals surface area (Å²) in [5, 5.41) is 7.63. The van der Waals surface area contributed by atoms with Crippen LogP contribution in [0.5, 0.6) is 5.75 Å². The van der Waals surface area contributed by atoms with Crippen LogP contribution in [0.4, 0.5) is 32.3 Å². The fourth-order valence-electron chi connectivity index (χ4n) is 2.57. The highest BCUT2D eigenvalue weighted by Gasteiger charge is 2.36. The number of benzene rings is 1. The molecule has 30 heavy (non-hydrogen) atoms. The van der Waals surface area contributed by atoms with Gasteiger partial charge in [0.05, 0.1) is 11.1 Å². The maximum atomic E-state index is 13.0. The smallest absolute Gasteiger partial charge is 0.405 e. The number of nitrogens with two attached hydrogens (primary N) is 2. The zero-order chi connectivity index (χ0) is 22.1. The first-order valence-corrected chi connectivity index (χ1v) is 8.03. The molecular weight excluding hydrogens is 418 g/mol. The van der Waals surface area contributed by atoms with Crippen LogP contribution in [0.3, 0.4) is 0 Å². The standard InChI is InChI=1S/C17H12F6N6O/c18-16(19,20)9-3-4-10(12(8-9)30-17(21,22)23)14-11-2-1-7-29(11)15(28-27-14)26-13(25)5-6-24/h1-8H,24H2,(H2,25,26,28)/b6-5-.